The van der Waals surface area contributed by atoms with Gasteiger partial charge in [0.25, 0.3) is 0 Å². The number of hydrogen-bond donors (Lipinski definition) is 1. The number of benzene rings is 2. The smallest absolute Gasteiger partial charge is 0.120 e. The lowest BCUT2D eigenvalue weighted by Gasteiger charge is -2.39. The van der Waals surface area contributed by atoms with Crippen LogP contribution in [-0.4, -0.2) is 35.3 Å². The molecule has 0 aromatic heterocycles. The van der Waals surface area contributed by atoms with E-state index in [1.807, 2.05) is 32.0 Å². The Morgan fingerprint density at radius 2 is 1.84 bits per heavy atom. The highest BCUT2D eigenvalue weighted by molar-refractivity contribution is 6.32. The van der Waals surface area contributed by atoms with E-state index in [2.05, 4.69) is 29.2 Å². The summed E-state index contributed by atoms with van der Waals surface area (Å²) in [5, 5.41) is 11.8. The summed E-state index contributed by atoms with van der Waals surface area (Å²) >= 11 is 6.21. The lowest BCUT2D eigenvalue weighted by Crippen LogP contribution is -2.51. The van der Waals surface area contributed by atoms with Gasteiger partial charge in [-0.1, -0.05) is 41.9 Å². The molecule has 0 spiro atoms. The fourth-order valence-corrected chi connectivity index (χ4v) is 3.62. The topological polar surface area (TPSA) is 32.7 Å². The average Bonchev–Trinajstić information content (AvgIpc) is 2.59. The Morgan fingerprint density at radius 1 is 1.16 bits per heavy atom. The van der Waals surface area contributed by atoms with Gasteiger partial charge in [-0.2, -0.15) is 0 Å². The molecule has 2 aromatic carbocycles. The predicted molar refractivity (Wildman–Crippen MR) is 102 cm³/mol. The van der Waals surface area contributed by atoms with Crippen LogP contribution in [0.5, 0.6) is 5.75 Å². The van der Waals surface area contributed by atoms with Crippen LogP contribution in [0.2, 0.25) is 5.02 Å². The summed E-state index contributed by atoms with van der Waals surface area (Å²) < 4.78 is 5.93. The zero-order valence-corrected chi connectivity index (χ0v) is 15.7. The molecule has 0 saturated carbocycles. The Labute approximate surface area is 155 Å². The maximum atomic E-state index is 11.0. The molecule has 4 heteroatoms. The maximum absolute atomic E-state index is 11.0. The van der Waals surface area contributed by atoms with Crippen LogP contribution >= 0.6 is 11.6 Å². The van der Waals surface area contributed by atoms with Crippen molar-refractivity contribution in [3.63, 3.8) is 0 Å². The van der Waals surface area contributed by atoms with E-state index >= 15 is 0 Å². The number of ether oxygens (including phenoxy) is 1. The molecule has 1 aliphatic rings. The number of aliphatic hydroxyl groups is 1. The lowest BCUT2D eigenvalue weighted by atomic mass is 9.93. The predicted octanol–water partition coefficient (Wildman–Crippen LogP) is 4.36. The van der Waals surface area contributed by atoms with Gasteiger partial charge in [-0.05, 0) is 62.1 Å². The summed E-state index contributed by atoms with van der Waals surface area (Å²) in [5.41, 5.74) is 2.46. The Morgan fingerprint density at radius 3 is 2.52 bits per heavy atom. The molecule has 1 N–H and O–H groups in total. The molecule has 1 aliphatic heterocycles. The van der Waals surface area contributed by atoms with Crippen molar-refractivity contribution in [3.05, 3.63) is 64.2 Å². The molecule has 1 saturated heterocycles. The molecule has 1 unspecified atom stereocenters. The quantitative estimate of drug-likeness (QED) is 0.860. The molecule has 134 valence electrons. The standard InChI is InChI=1S/C21H26ClNO2/c1-16-11-19(12-17(2)20(16)22)25-15-21(24)9-6-10-23(14-21)13-18-7-4-3-5-8-18/h3-5,7-8,11-12,24H,6,9-10,13-15H2,1-2H3. The molecular weight excluding hydrogens is 334 g/mol. The van der Waals surface area contributed by atoms with Gasteiger partial charge in [0.2, 0.25) is 0 Å². The molecule has 0 bridgehead atoms. The summed E-state index contributed by atoms with van der Waals surface area (Å²) in [6, 6.07) is 14.3. The minimum absolute atomic E-state index is 0.304. The highest BCUT2D eigenvalue weighted by Gasteiger charge is 2.34. The fourth-order valence-electron chi connectivity index (χ4n) is 3.51. The SMILES string of the molecule is Cc1cc(OCC2(O)CCCN(Cc3ccccc3)C2)cc(C)c1Cl. The zero-order chi connectivity index (χ0) is 17.9. The third-order valence-corrected chi connectivity index (χ3v) is 5.40. The highest BCUT2D eigenvalue weighted by Crippen LogP contribution is 2.28. The molecule has 0 aliphatic carbocycles. The van der Waals surface area contributed by atoms with Crippen molar-refractivity contribution in [1.29, 1.82) is 0 Å². The highest BCUT2D eigenvalue weighted by atomic mass is 35.5. The van der Waals surface area contributed by atoms with Gasteiger partial charge in [0.1, 0.15) is 18.0 Å². The molecule has 0 radical (unpaired) electrons. The van der Waals surface area contributed by atoms with Crippen molar-refractivity contribution in [2.24, 2.45) is 0 Å². The average molecular weight is 360 g/mol. The number of piperidine rings is 1. The summed E-state index contributed by atoms with van der Waals surface area (Å²) in [6.45, 7) is 6.75. The van der Waals surface area contributed by atoms with Crippen molar-refractivity contribution in [2.75, 3.05) is 19.7 Å². The van der Waals surface area contributed by atoms with E-state index in [1.165, 1.54) is 5.56 Å². The van der Waals surface area contributed by atoms with Crippen LogP contribution in [0.1, 0.15) is 29.5 Å². The fraction of sp³-hybridized carbons (Fsp3) is 0.429. The third-order valence-electron chi connectivity index (χ3n) is 4.80. The number of nitrogens with zero attached hydrogens (tertiary/aromatic N) is 1. The van der Waals surface area contributed by atoms with Gasteiger partial charge < -0.3 is 9.84 Å². The first-order chi connectivity index (χ1) is 12.0. The second-order valence-corrected chi connectivity index (χ2v) is 7.56. The minimum Gasteiger partial charge on any atom is -0.491 e. The lowest BCUT2D eigenvalue weighted by molar-refractivity contribution is -0.0621. The van der Waals surface area contributed by atoms with E-state index < -0.39 is 5.60 Å². The third kappa shape index (κ3) is 4.75. The van der Waals surface area contributed by atoms with Crippen LogP contribution in [0, 0.1) is 13.8 Å². The van der Waals surface area contributed by atoms with Gasteiger partial charge in [0.15, 0.2) is 0 Å². The number of rotatable bonds is 5. The first kappa shape index (κ1) is 18.2. The zero-order valence-electron chi connectivity index (χ0n) is 15.0. The van der Waals surface area contributed by atoms with Crippen molar-refractivity contribution >= 4 is 11.6 Å². The second-order valence-electron chi connectivity index (χ2n) is 7.18. The number of halogens is 1. The van der Waals surface area contributed by atoms with E-state index in [-0.39, 0.29) is 0 Å². The minimum atomic E-state index is -0.811. The molecule has 3 nitrogen and oxygen atoms in total. The molecular formula is C21H26ClNO2. The van der Waals surface area contributed by atoms with Crippen LogP contribution < -0.4 is 4.74 Å². The maximum Gasteiger partial charge on any atom is 0.120 e. The number of likely N-dealkylation sites (tertiary alicyclic amines) is 1. The second kappa shape index (κ2) is 7.77. The molecule has 3 rings (SSSR count). The van der Waals surface area contributed by atoms with Gasteiger partial charge >= 0.3 is 0 Å². The Bertz CT molecular complexity index is 696. The van der Waals surface area contributed by atoms with E-state index in [0.717, 1.165) is 47.8 Å². The number of aryl methyl sites for hydroxylation is 2. The van der Waals surface area contributed by atoms with Crippen LogP contribution in [-0.2, 0) is 6.54 Å². The number of hydrogen-bond acceptors (Lipinski definition) is 3. The van der Waals surface area contributed by atoms with Crippen LogP contribution in [0.4, 0.5) is 0 Å². The van der Waals surface area contributed by atoms with Gasteiger partial charge in [-0.25, -0.2) is 0 Å². The number of β-amino-alcohol motifs (C(OH)–C–C–N with tert-alkyl or cyclic N) is 1. The summed E-state index contributed by atoms with van der Waals surface area (Å²) in [7, 11) is 0. The van der Waals surface area contributed by atoms with Gasteiger partial charge in [-0.3, -0.25) is 4.90 Å². The van der Waals surface area contributed by atoms with Crippen LogP contribution in [0.25, 0.3) is 0 Å². The van der Waals surface area contributed by atoms with E-state index in [9.17, 15) is 5.11 Å². The van der Waals surface area contributed by atoms with Crippen molar-refractivity contribution < 1.29 is 9.84 Å². The van der Waals surface area contributed by atoms with Gasteiger partial charge in [0, 0.05) is 18.1 Å². The van der Waals surface area contributed by atoms with Gasteiger partial charge in [0.05, 0.1) is 0 Å². The van der Waals surface area contributed by atoms with Crippen LogP contribution in [0.15, 0.2) is 42.5 Å². The van der Waals surface area contributed by atoms with Crippen molar-refractivity contribution in [3.8, 4) is 5.75 Å². The summed E-state index contributed by atoms with van der Waals surface area (Å²) in [6.07, 6.45) is 1.75. The van der Waals surface area contributed by atoms with E-state index in [4.69, 9.17) is 16.3 Å². The van der Waals surface area contributed by atoms with E-state index in [0.29, 0.717) is 13.2 Å². The molecule has 1 atom stereocenters. The Balaban J connectivity index is 1.61. The Kier molecular flexibility index (Phi) is 5.67. The van der Waals surface area contributed by atoms with Gasteiger partial charge in [-0.15, -0.1) is 0 Å². The monoisotopic (exact) mass is 359 g/mol. The van der Waals surface area contributed by atoms with Crippen LogP contribution in [0.3, 0.4) is 0 Å². The first-order valence-electron chi connectivity index (χ1n) is 8.83. The van der Waals surface area contributed by atoms with Crippen molar-refractivity contribution in [2.45, 2.75) is 38.8 Å². The largest absolute Gasteiger partial charge is 0.491 e. The Hall–Kier alpha value is -1.55. The molecule has 1 fully saturated rings. The summed E-state index contributed by atoms with van der Waals surface area (Å²) in [5.74, 6) is 0.771. The molecule has 2 aromatic rings. The molecule has 25 heavy (non-hydrogen) atoms. The summed E-state index contributed by atoms with van der Waals surface area (Å²) in [4.78, 5) is 2.31. The first-order valence-corrected chi connectivity index (χ1v) is 9.21. The normalized spacial score (nSPS) is 21.3. The molecule has 1 heterocycles. The molecule has 0 amide bonds. The van der Waals surface area contributed by atoms with Crippen molar-refractivity contribution in [1.82, 2.24) is 4.90 Å². The van der Waals surface area contributed by atoms with E-state index in [1.54, 1.807) is 0 Å².